The van der Waals surface area contributed by atoms with Gasteiger partial charge in [-0.1, -0.05) is 34.8 Å². The van der Waals surface area contributed by atoms with E-state index >= 15 is 0 Å². The number of anilines is 1. The van der Waals surface area contributed by atoms with Gasteiger partial charge in [-0.2, -0.15) is 0 Å². The highest BCUT2D eigenvalue weighted by Crippen LogP contribution is 2.23. The Hall–Kier alpha value is -2.37. The minimum absolute atomic E-state index is 0.0376. The Bertz CT molecular complexity index is 1020. The molecule has 1 aliphatic rings. The lowest BCUT2D eigenvalue weighted by atomic mass is 10.1. The van der Waals surface area contributed by atoms with Crippen molar-refractivity contribution in [3.8, 4) is 0 Å². The van der Waals surface area contributed by atoms with E-state index in [1.165, 1.54) is 0 Å². The minimum atomic E-state index is -0.0376. The van der Waals surface area contributed by atoms with Crippen molar-refractivity contribution in [2.24, 2.45) is 0 Å². The van der Waals surface area contributed by atoms with Crippen LogP contribution in [0.5, 0.6) is 0 Å². The van der Waals surface area contributed by atoms with Crippen LogP contribution in [0, 0.1) is 6.92 Å². The molecule has 2 aromatic carbocycles. The molecule has 0 saturated carbocycles. The van der Waals surface area contributed by atoms with Gasteiger partial charge in [-0.05, 0) is 43.7 Å². The fraction of sp³-hybridized carbons (Fsp3) is 0.250. The number of carbonyl (C=O) groups excluding carboxylic acids is 1. The van der Waals surface area contributed by atoms with E-state index in [9.17, 15) is 4.79 Å². The third-order valence-electron chi connectivity index (χ3n) is 4.68. The number of aryl methyl sites for hydroxylation is 1. The first-order valence-corrected chi connectivity index (χ1v) is 9.49. The first-order chi connectivity index (χ1) is 13.0. The maximum Gasteiger partial charge on any atom is 0.255 e. The van der Waals surface area contributed by atoms with Crippen molar-refractivity contribution < 1.29 is 4.79 Å². The van der Waals surface area contributed by atoms with E-state index in [2.05, 4.69) is 15.3 Å². The van der Waals surface area contributed by atoms with Crippen LogP contribution in [0.1, 0.15) is 22.3 Å². The van der Waals surface area contributed by atoms with Gasteiger partial charge >= 0.3 is 0 Å². The Morgan fingerprint density at radius 3 is 2.89 bits per heavy atom. The molecule has 138 valence electrons. The molecule has 1 N–H and O–H groups in total. The number of likely N-dealkylation sites (tertiary alicyclic amines) is 1. The summed E-state index contributed by atoms with van der Waals surface area (Å²) in [6.07, 6.45) is 2.54. The molecule has 1 unspecified atom stereocenters. The van der Waals surface area contributed by atoms with E-state index in [0.29, 0.717) is 34.5 Å². The maximum absolute atomic E-state index is 12.8. The average Bonchev–Trinajstić information content (AvgIpc) is 3.11. The van der Waals surface area contributed by atoms with E-state index in [4.69, 9.17) is 23.2 Å². The summed E-state index contributed by atoms with van der Waals surface area (Å²) in [4.78, 5) is 23.6. The van der Waals surface area contributed by atoms with Crippen molar-refractivity contribution in [2.75, 3.05) is 18.4 Å². The Balaban J connectivity index is 1.46. The summed E-state index contributed by atoms with van der Waals surface area (Å²) in [5.74, 6) is 0.641. The largest absolute Gasteiger partial charge is 0.364 e. The summed E-state index contributed by atoms with van der Waals surface area (Å²) in [6.45, 7) is 3.22. The maximum atomic E-state index is 12.8. The molecule has 5 nitrogen and oxygen atoms in total. The van der Waals surface area contributed by atoms with Crippen molar-refractivity contribution in [1.29, 1.82) is 0 Å². The summed E-state index contributed by atoms with van der Waals surface area (Å²) < 4.78 is 0. The topological polar surface area (TPSA) is 58.1 Å². The highest BCUT2D eigenvalue weighted by Gasteiger charge is 2.28. The van der Waals surface area contributed by atoms with Gasteiger partial charge < -0.3 is 10.2 Å². The molecule has 7 heteroatoms. The molecule has 1 atom stereocenters. The van der Waals surface area contributed by atoms with Crippen molar-refractivity contribution in [3.63, 3.8) is 0 Å². The number of carbonyl (C=O) groups is 1. The van der Waals surface area contributed by atoms with Crippen LogP contribution >= 0.6 is 23.2 Å². The van der Waals surface area contributed by atoms with Crippen LogP contribution in [0.25, 0.3) is 11.0 Å². The number of halogens is 2. The van der Waals surface area contributed by atoms with Gasteiger partial charge in [-0.3, -0.25) is 9.78 Å². The highest BCUT2D eigenvalue weighted by molar-refractivity contribution is 6.33. The standard InChI is InChI=1S/C20H18Cl2N4O/c1-12-2-4-16(22)15(8-12)20(27)26-7-6-14(11-26)24-19-10-23-17-5-3-13(21)9-18(17)25-19/h2-5,8-10,14H,6-7,11H2,1H3,(H,24,25). The number of rotatable bonds is 3. The first-order valence-electron chi connectivity index (χ1n) is 8.74. The van der Waals surface area contributed by atoms with Gasteiger partial charge in [-0.25, -0.2) is 4.98 Å². The second-order valence-corrected chi connectivity index (χ2v) is 7.60. The quantitative estimate of drug-likeness (QED) is 0.699. The molecule has 1 saturated heterocycles. The molecule has 0 aliphatic carbocycles. The van der Waals surface area contributed by atoms with Crippen LogP contribution in [0.2, 0.25) is 10.0 Å². The SMILES string of the molecule is Cc1ccc(Cl)c(C(=O)N2CCC(Nc3cnc4ccc(Cl)cc4n3)C2)c1. The van der Waals surface area contributed by atoms with Crippen molar-refractivity contribution in [3.05, 3.63) is 63.8 Å². The number of hydrogen-bond donors (Lipinski definition) is 1. The summed E-state index contributed by atoms with van der Waals surface area (Å²) in [7, 11) is 0. The molecule has 0 bridgehead atoms. The zero-order chi connectivity index (χ0) is 19.0. The van der Waals surface area contributed by atoms with Crippen molar-refractivity contribution in [2.45, 2.75) is 19.4 Å². The molecule has 4 rings (SSSR count). The van der Waals surface area contributed by atoms with Gasteiger partial charge in [0.05, 0.1) is 27.8 Å². The molecular weight excluding hydrogens is 383 g/mol. The number of fused-ring (bicyclic) bond motifs is 1. The molecule has 27 heavy (non-hydrogen) atoms. The second-order valence-electron chi connectivity index (χ2n) is 6.75. The Morgan fingerprint density at radius 2 is 2.04 bits per heavy atom. The van der Waals surface area contributed by atoms with Crippen LogP contribution in [-0.2, 0) is 0 Å². The molecular formula is C20H18Cl2N4O. The number of nitrogens with zero attached hydrogens (tertiary/aromatic N) is 3. The molecule has 1 amide bonds. The lowest BCUT2D eigenvalue weighted by molar-refractivity contribution is 0.0791. The molecule has 2 heterocycles. The van der Waals surface area contributed by atoms with E-state index in [1.54, 1.807) is 24.4 Å². The lowest BCUT2D eigenvalue weighted by Gasteiger charge is -2.18. The van der Waals surface area contributed by atoms with Gasteiger partial charge in [0.1, 0.15) is 5.82 Å². The van der Waals surface area contributed by atoms with Crippen molar-refractivity contribution >= 4 is 46.0 Å². The Labute approximate surface area is 167 Å². The number of benzene rings is 2. The summed E-state index contributed by atoms with van der Waals surface area (Å²) >= 11 is 12.2. The molecule has 1 aliphatic heterocycles. The van der Waals surface area contributed by atoms with Gasteiger partial charge in [0.2, 0.25) is 0 Å². The highest BCUT2D eigenvalue weighted by atomic mass is 35.5. The number of hydrogen-bond acceptors (Lipinski definition) is 4. The zero-order valence-corrected chi connectivity index (χ0v) is 16.3. The van der Waals surface area contributed by atoms with E-state index in [-0.39, 0.29) is 11.9 Å². The van der Waals surface area contributed by atoms with Gasteiger partial charge in [0, 0.05) is 24.2 Å². The second kappa shape index (κ2) is 7.33. The van der Waals surface area contributed by atoms with Crippen molar-refractivity contribution in [1.82, 2.24) is 14.9 Å². The van der Waals surface area contributed by atoms with Crippen LogP contribution in [-0.4, -0.2) is 39.9 Å². The fourth-order valence-electron chi connectivity index (χ4n) is 3.30. The number of nitrogens with one attached hydrogen (secondary N) is 1. The molecule has 3 aromatic rings. The van der Waals surface area contributed by atoms with Gasteiger partial charge in [0.15, 0.2) is 0 Å². The minimum Gasteiger partial charge on any atom is -0.364 e. The fourth-order valence-corrected chi connectivity index (χ4v) is 3.66. The molecule has 0 radical (unpaired) electrons. The molecule has 1 fully saturated rings. The Kier molecular flexibility index (Phi) is 4.89. The average molecular weight is 401 g/mol. The predicted molar refractivity (Wildman–Crippen MR) is 109 cm³/mol. The zero-order valence-electron chi connectivity index (χ0n) is 14.7. The normalized spacial score (nSPS) is 16.7. The number of amides is 1. The van der Waals surface area contributed by atoms with E-state index in [0.717, 1.165) is 23.0 Å². The third-order valence-corrected chi connectivity index (χ3v) is 5.25. The summed E-state index contributed by atoms with van der Waals surface area (Å²) in [6, 6.07) is 11.1. The van der Waals surface area contributed by atoms with E-state index < -0.39 is 0 Å². The lowest BCUT2D eigenvalue weighted by Crippen LogP contribution is -2.32. The van der Waals surface area contributed by atoms with Crippen LogP contribution in [0.4, 0.5) is 5.82 Å². The molecule has 0 spiro atoms. The Morgan fingerprint density at radius 1 is 1.19 bits per heavy atom. The van der Waals surface area contributed by atoms with Crippen LogP contribution in [0.3, 0.4) is 0 Å². The van der Waals surface area contributed by atoms with E-state index in [1.807, 2.05) is 30.0 Å². The predicted octanol–water partition coefficient (Wildman–Crippen LogP) is 4.57. The third kappa shape index (κ3) is 3.84. The first kappa shape index (κ1) is 18.0. The van der Waals surface area contributed by atoms with Gasteiger partial charge in [0.25, 0.3) is 5.91 Å². The van der Waals surface area contributed by atoms with Gasteiger partial charge in [-0.15, -0.1) is 0 Å². The monoisotopic (exact) mass is 400 g/mol. The summed E-state index contributed by atoms with van der Waals surface area (Å²) in [5.41, 5.74) is 3.10. The molecule has 1 aromatic heterocycles. The smallest absolute Gasteiger partial charge is 0.255 e. The number of aromatic nitrogens is 2. The summed E-state index contributed by atoms with van der Waals surface area (Å²) in [5, 5.41) is 4.48. The van der Waals surface area contributed by atoms with Crippen LogP contribution in [0.15, 0.2) is 42.6 Å². The van der Waals surface area contributed by atoms with Crippen LogP contribution < -0.4 is 5.32 Å².